The van der Waals surface area contributed by atoms with E-state index in [1.54, 1.807) is 0 Å². The molecule has 0 unspecified atom stereocenters. The Hall–Kier alpha value is -6.64. The number of anilines is 3. The SMILES string of the molecule is CC1(C)c2ccccc2-c2c(-c3cccc(-n4c5ccccc5c5ccccc54)c3)c3c(c(N(c4ccccc4)c4ccccc4)c21)C(C)(C)c1ccccc1-3. The van der Waals surface area contributed by atoms with E-state index in [1.807, 2.05) is 0 Å². The van der Waals surface area contributed by atoms with Crippen molar-refractivity contribution in [1.82, 2.24) is 4.57 Å². The summed E-state index contributed by atoms with van der Waals surface area (Å²) < 4.78 is 2.45. The van der Waals surface area contributed by atoms with Crippen molar-refractivity contribution in [2.24, 2.45) is 0 Å². The summed E-state index contributed by atoms with van der Waals surface area (Å²) in [5.41, 5.74) is 20.0. The summed E-state index contributed by atoms with van der Waals surface area (Å²) in [7, 11) is 0. The van der Waals surface area contributed by atoms with Crippen LogP contribution in [0.25, 0.3) is 60.9 Å². The van der Waals surface area contributed by atoms with Gasteiger partial charge in [-0.2, -0.15) is 0 Å². The average molecular weight is 719 g/mol. The van der Waals surface area contributed by atoms with Crippen molar-refractivity contribution in [1.29, 1.82) is 0 Å². The first-order chi connectivity index (χ1) is 27.4. The molecule has 2 aliphatic carbocycles. The maximum absolute atomic E-state index is 2.55. The Kier molecular flexibility index (Phi) is 6.98. The minimum absolute atomic E-state index is 0.290. The Labute approximate surface area is 328 Å². The monoisotopic (exact) mass is 718 g/mol. The van der Waals surface area contributed by atoms with Gasteiger partial charge in [0.25, 0.3) is 0 Å². The maximum Gasteiger partial charge on any atom is 0.0556 e. The van der Waals surface area contributed by atoms with E-state index < -0.39 is 0 Å². The Morgan fingerprint density at radius 1 is 0.411 bits per heavy atom. The molecule has 0 fully saturated rings. The Bertz CT molecular complexity index is 2840. The van der Waals surface area contributed by atoms with E-state index >= 15 is 0 Å². The first-order valence-electron chi connectivity index (χ1n) is 19.8. The first kappa shape index (κ1) is 32.8. The Balaban J connectivity index is 1.32. The summed E-state index contributed by atoms with van der Waals surface area (Å²) in [4.78, 5) is 2.55. The Morgan fingerprint density at radius 2 is 0.857 bits per heavy atom. The number of rotatable bonds is 5. The highest BCUT2D eigenvalue weighted by molar-refractivity contribution is 6.11. The molecule has 0 saturated carbocycles. The third-order valence-corrected chi connectivity index (χ3v) is 12.7. The smallest absolute Gasteiger partial charge is 0.0556 e. The van der Waals surface area contributed by atoms with Gasteiger partial charge < -0.3 is 9.47 Å². The fourth-order valence-electron chi connectivity index (χ4n) is 10.3. The van der Waals surface area contributed by atoms with E-state index in [0.29, 0.717) is 0 Å². The molecule has 11 rings (SSSR count). The molecule has 8 aromatic carbocycles. The van der Waals surface area contributed by atoms with Crippen molar-refractivity contribution in [2.75, 3.05) is 4.90 Å². The molecule has 2 aliphatic rings. The number of hydrogen-bond acceptors (Lipinski definition) is 1. The molecule has 0 N–H and O–H groups in total. The molecule has 0 radical (unpaired) electrons. The molecule has 2 heteroatoms. The van der Waals surface area contributed by atoms with Crippen LogP contribution in [0.3, 0.4) is 0 Å². The van der Waals surface area contributed by atoms with Crippen molar-refractivity contribution in [2.45, 2.75) is 38.5 Å². The zero-order valence-corrected chi connectivity index (χ0v) is 32.2. The lowest BCUT2D eigenvalue weighted by atomic mass is 9.73. The zero-order valence-electron chi connectivity index (χ0n) is 32.2. The van der Waals surface area contributed by atoms with Crippen LogP contribution in [0.5, 0.6) is 0 Å². The second kappa shape index (κ2) is 11.9. The highest BCUT2D eigenvalue weighted by Crippen LogP contribution is 2.66. The molecular formula is C54H42N2. The van der Waals surface area contributed by atoms with Crippen LogP contribution >= 0.6 is 0 Å². The highest BCUT2D eigenvalue weighted by atomic mass is 15.2. The van der Waals surface area contributed by atoms with Gasteiger partial charge in [-0.1, -0.05) is 161 Å². The van der Waals surface area contributed by atoms with E-state index in [-0.39, 0.29) is 10.8 Å². The molecule has 0 saturated heterocycles. The van der Waals surface area contributed by atoms with Gasteiger partial charge in [-0.15, -0.1) is 0 Å². The number of para-hydroxylation sites is 4. The van der Waals surface area contributed by atoms with Crippen molar-refractivity contribution in [3.05, 3.63) is 204 Å². The molecule has 0 spiro atoms. The lowest BCUT2D eigenvalue weighted by Crippen LogP contribution is -2.26. The topological polar surface area (TPSA) is 8.17 Å². The van der Waals surface area contributed by atoms with Crippen LogP contribution in [-0.2, 0) is 10.8 Å². The zero-order chi connectivity index (χ0) is 37.8. The van der Waals surface area contributed by atoms with E-state index in [0.717, 1.165) is 17.1 Å². The van der Waals surface area contributed by atoms with Gasteiger partial charge in [-0.05, 0) is 104 Å². The number of aromatic nitrogens is 1. The summed E-state index contributed by atoms with van der Waals surface area (Å²) in [6, 6.07) is 67.2. The summed E-state index contributed by atoms with van der Waals surface area (Å²) in [5.74, 6) is 0. The predicted octanol–water partition coefficient (Wildman–Crippen LogP) is 14.5. The third-order valence-electron chi connectivity index (χ3n) is 12.7. The Morgan fingerprint density at radius 3 is 1.38 bits per heavy atom. The van der Waals surface area contributed by atoms with Crippen LogP contribution in [0.15, 0.2) is 182 Å². The van der Waals surface area contributed by atoms with Gasteiger partial charge in [0, 0.05) is 38.7 Å². The van der Waals surface area contributed by atoms with Gasteiger partial charge in [-0.3, -0.25) is 0 Å². The number of hydrogen-bond donors (Lipinski definition) is 0. The van der Waals surface area contributed by atoms with Crippen LogP contribution in [-0.4, -0.2) is 4.57 Å². The number of fused-ring (bicyclic) bond motifs is 9. The van der Waals surface area contributed by atoms with E-state index in [1.165, 1.54) is 83.1 Å². The summed E-state index contributed by atoms with van der Waals surface area (Å²) in [6.07, 6.45) is 0. The molecule has 2 nitrogen and oxygen atoms in total. The van der Waals surface area contributed by atoms with E-state index in [9.17, 15) is 0 Å². The second-order valence-electron chi connectivity index (χ2n) is 16.5. The third kappa shape index (κ3) is 4.44. The fraction of sp³-hybridized carbons (Fsp3) is 0.111. The lowest BCUT2D eigenvalue weighted by Gasteiger charge is -2.38. The minimum atomic E-state index is -0.290. The molecule has 0 bridgehead atoms. The van der Waals surface area contributed by atoms with E-state index in [2.05, 4.69) is 219 Å². The lowest BCUT2D eigenvalue weighted by molar-refractivity contribution is 0.640. The summed E-state index contributed by atoms with van der Waals surface area (Å²) >= 11 is 0. The van der Waals surface area contributed by atoms with Crippen molar-refractivity contribution >= 4 is 38.9 Å². The van der Waals surface area contributed by atoms with Gasteiger partial charge in [0.05, 0.1) is 16.7 Å². The first-order valence-corrected chi connectivity index (χ1v) is 19.8. The predicted molar refractivity (Wildman–Crippen MR) is 236 cm³/mol. The normalized spacial score (nSPS) is 14.4. The highest BCUT2D eigenvalue weighted by Gasteiger charge is 2.49. The van der Waals surface area contributed by atoms with Crippen LogP contribution in [0.2, 0.25) is 0 Å². The summed E-state index contributed by atoms with van der Waals surface area (Å²) in [6.45, 7) is 9.76. The minimum Gasteiger partial charge on any atom is -0.310 e. The molecule has 1 heterocycles. The van der Waals surface area contributed by atoms with Crippen molar-refractivity contribution in [3.8, 4) is 39.1 Å². The number of nitrogens with zero attached hydrogens (tertiary/aromatic N) is 2. The number of benzene rings is 8. The van der Waals surface area contributed by atoms with Crippen molar-refractivity contribution in [3.63, 3.8) is 0 Å². The quantitative estimate of drug-likeness (QED) is 0.172. The largest absolute Gasteiger partial charge is 0.310 e. The van der Waals surface area contributed by atoms with Gasteiger partial charge in [0.1, 0.15) is 0 Å². The van der Waals surface area contributed by atoms with Crippen molar-refractivity contribution < 1.29 is 0 Å². The van der Waals surface area contributed by atoms with Crippen LogP contribution in [0.4, 0.5) is 17.1 Å². The van der Waals surface area contributed by atoms with Crippen LogP contribution < -0.4 is 4.90 Å². The molecule has 56 heavy (non-hydrogen) atoms. The van der Waals surface area contributed by atoms with Gasteiger partial charge in [0.15, 0.2) is 0 Å². The molecule has 0 aliphatic heterocycles. The summed E-state index contributed by atoms with van der Waals surface area (Å²) in [5, 5.41) is 2.54. The van der Waals surface area contributed by atoms with Gasteiger partial charge >= 0.3 is 0 Å². The standard InChI is InChI=1S/C54H42N2/c1-53(2)43-30-15-11-28-41(43)48-47(35-20-19-25-38(34-35)56-45-32-17-13-26-39(45)40-27-14-18-33-46(40)56)49-42-29-12-16-31-44(42)54(3,4)51(49)52(50(48)53)55(36-21-7-5-8-22-36)37-23-9-6-10-24-37/h5-34H,1-4H3. The van der Waals surface area contributed by atoms with Crippen LogP contribution in [0.1, 0.15) is 49.9 Å². The maximum atomic E-state index is 2.55. The molecular weight excluding hydrogens is 677 g/mol. The van der Waals surface area contributed by atoms with Gasteiger partial charge in [0.2, 0.25) is 0 Å². The molecule has 0 atom stereocenters. The molecule has 1 aromatic heterocycles. The average Bonchev–Trinajstić information content (AvgIpc) is 3.79. The molecule has 9 aromatic rings. The van der Waals surface area contributed by atoms with Gasteiger partial charge in [-0.25, -0.2) is 0 Å². The molecule has 0 amide bonds. The van der Waals surface area contributed by atoms with Crippen LogP contribution in [0, 0.1) is 0 Å². The molecule has 268 valence electrons. The van der Waals surface area contributed by atoms with E-state index in [4.69, 9.17) is 0 Å². The fourth-order valence-corrected chi connectivity index (χ4v) is 10.3. The second-order valence-corrected chi connectivity index (χ2v) is 16.5.